The number of nitrogens with zero attached hydrogens (tertiary/aromatic N) is 4. The Morgan fingerprint density at radius 1 is 1.12 bits per heavy atom. The number of piperazine rings is 1. The summed E-state index contributed by atoms with van der Waals surface area (Å²) >= 11 is 7.64. The highest BCUT2D eigenvalue weighted by molar-refractivity contribution is 7.18. The van der Waals surface area contributed by atoms with Gasteiger partial charge in [-0.25, -0.2) is 4.98 Å². The average Bonchev–Trinajstić information content (AvgIpc) is 3.43. The topological polar surface area (TPSA) is 74.9 Å². The normalized spacial score (nSPS) is 17.2. The first-order valence-corrected chi connectivity index (χ1v) is 12.5. The van der Waals surface area contributed by atoms with Gasteiger partial charge in [0.1, 0.15) is 11.9 Å². The summed E-state index contributed by atoms with van der Waals surface area (Å²) in [5.74, 6) is 1.46. The largest absolute Gasteiger partial charge is 0.472 e. The van der Waals surface area contributed by atoms with Crippen LogP contribution < -0.4 is 4.74 Å². The van der Waals surface area contributed by atoms with Gasteiger partial charge < -0.3 is 14.4 Å². The molecule has 1 aliphatic heterocycles. The third-order valence-corrected chi connectivity index (χ3v) is 7.18. The molecule has 0 bridgehead atoms. The van der Waals surface area contributed by atoms with E-state index in [9.17, 15) is 5.11 Å². The predicted molar refractivity (Wildman–Crippen MR) is 134 cm³/mol. The Labute approximate surface area is 207 Å². The summed E-state index contributed by atoms with van der Waals surface area (Å²) in [6.45, 7) is 7.76. The third kappa shape index (κ3) is 5.26. The lowest BCUT2D eigenvalue weighted by molar-refractivity contribution is -0.0752. The minimum absolute atomic E-state index is 0.414. The molecule has 2 unspecified atom stereocenters. The van der Waals surface area contributed by atoms with Crippen molar-refractivity contribution in [2.45, 2.75) is 32.7 Å². The summed E-state index contributed by atoms with van der Waals surface area (Å²) in [5.41, 5.74) is 2.78. The van der Waals surface area contributed by atoms with E-state index in [4.69, 9.17) is 20.9 Å². The van der Waals surface area contributed by atoms with Crippen molar-refractivity contribution >= 4 is 33.2 Å². The van der Waals surface area contributed by atoms with Crippen molar-refractivity contribution in [3.63, 3.8) is 0 Å². The number of aromatic nitrogens is 2. The molecule has 1 N–H and O–H groups in total. The van der Waals surface area contributed by atoms with Crippen LogP contribution in [0.3, 0.4) is 0 Å². The number of thiazole rings is 1. The first kappa shape index (κ1) is 23.3. The van der Waals surface area contributed by atoms with E-state index in [2.05, 4.69) is 19.9 Å². The Bertz CT molecular complexity index is 1250. The molecule has 0 amide bonds. The summed E-state index contributed by atoms with van der Waals surface area (Å²) < 4.78 is 12.9. The number of halogens is 1. The van der Waals surface area contributed by atoms with Gasteiger partial charge in [0.2, 0.25) is 0 Å². The molecule has 178 valence electrons. The standard InChI is InChI=1S/C25H27ClN4O3S/c1-16(31)25(32-21-7-8-24-22(14-21)27-17(2)34-24)30-11-9-29(10-12-30)15-20-13-23(33-28-20)18-3-5-19(26)6-4-18/h3-8,13-14,16,25,31H,9-12,15H2,1-2H3. The molecule has 0 spiro atoms. The molecular formula is C25H27ClN4O3S. The zero-order valence-corrected chi connectivity index (χ0v) is 20.7. The lowest BCUT2D eigenvalue weighted by atomic mass is 10.1. The van der Waals surface area contributed by atoms with Crippen LogP contribution in [0.25, 0.3) is 21.5 Å². The van der Waals surface area contributed by atoms with Gasteiger partial charge in [-0.15, -0.1) is 11.3 Å². The third-order valence-electron chi connectivity index (χ3n) is 5.98. The highest BCUT2D eigenvalue weighted by atomic mass is 35.5. The first-order chi connectivity index (χ1) is 16.4. The number of hydrogen-bond acceptors (Lipinski definition) is 8. The van der Waals surface area contributed by atoms with E-state index in [-0.39, 0.29) is 0 Å². The smallest absolute Gasteiger partial charge is 0.178 e. The first-order valence-electron chi connectivity index (χ1n) is 11.3. The van der Waals surface area contributed by atoms with E-state index >= 15 is 0 Å². The van der Waals surface area contributed by atoms with Gasteiger partial charge in [-0.05, 0) is 50.2 Å². The van der Waals surface area contributed by atoms with E-state index in [0.717, 1.165) is 64.2 Å². The Morgan fingerprint density at radius 2 is 1.88 bits per heavy atom. The highest BCUT2D eigenvalue weighted by Crippen LogP contribution is 2.27. The number of aliphatic hydroxyl groups excluding tert-OH is 1. The molecule has 2 aromatic heterocycles. The van der Waals surface area contributed by atoms with Crippen molar-refractivity contribution in [1.29, 1.82) is 0 Å². The van der Waals surface area contributed by atoms with Gasteiger partial charge in [0.05, 0.1) is 20.9 Å². The minimum Gasteiger partial charge on any atom is -0.472 e. The van der Waals surface area contributed by atoms with Gasteiger partial charge in [-0.1, -0.05) is 16.8 Å². The van der Waals surface area contributed by atoms with Crippen molar-refractivity contribution in [2.24, 2.45) is 0 Å². The average molecular weight is 499 g/mol. The lowest BCUT2D eigenvalue weighted by Crippen LogP contribution is -2.55. The van der Waals surface area contributed by atoms with Crippen molar-refractivity contribution in [1.82, 2.24) is 19.9 Å². The van der Waals surface area contributed by atoms with Gasteiger partial charge in [0.25, 0.3) is 0 Å². The molecule has 5 rings (SSSR count). The van der Waals surface area contributed by atoms with Gasteiger partial charge in [-0.2, -0.15) is 0 Å². The molecule has 7 nitrogen and oxygen atoms in total. The quantitative estimate of drug-likeness (QED) is 0.391. The molecular weight excluding hydrogens is 472 g/mol. The lowest BCUT2D eigenvalue weighted by Gasteiger charge is -2.39. The molecule has 0 radical (unpaired) electrons. The number of aryl methyl sites for hydroxylation is 1. The van der Waals surface area contributed by atoms with Crippen LogP contribution in [0, 0.1) is 6.92 Å². The number of aliphatic hydroxyl groups is 1. The molecule has 1 fully saturated rings. The van der Waals surface area contributed by atoms with Crippen molar-refractivity contribution in [3.05, 3.63) is 64.3 Å². The number of benzene rings is 2. The second-order valence-corrected chi connectivity index (χ2v) is 10.3. The summed E-state index contributed by atoms with van der Waals surface area (Å²) in [4.78, 5) is 9.08. The van der Waals surface area contributed by atoms with E-state index < -0.39 is 12.3 Å². The van der Waals surface area contributed by atoms with Gasteiger partial charge in [-0.3, -0.25) is 9.80 Å². The fraction of sp³-hybridized carbons (Fsp3) is 0.360. The van der Waals surface area contributed by atoms with Crippen LogP contribution in [-0.2, 0) is 6.54 Å². The fourth-order valence-electron chi connectivity index (χ4n) is 4.25. The molecule has 0 aliphatic carbocycles. The van der Waals surface area contributed by atoms with Crippen molar-refractivity contribution in [3.8, 4) is 17.1 Å². The van der Waals surface area contributed by atoms with Gasteiger partial charge in [0.15, 0.2) is 12.0 Å². The van der Waals surface area contributed by atoms with E-state index in [1.165, 1.54) is 0 Å². The second kappa shape index (κ2) is 10.0. The SMILES string of the molecule is Cc1nc2cc(OC(C(C)O)N3CCN(Cc4cc(-c5ccc(Cl)cc5)on4)CC3)ccc2s1. The van der Waals surface area contributed by atoms with Crippen molar-refractivity contribution < 1.29 is 14.4 Å². The zero-order valence-electron chi connectivity index (χ0n) is 19.1. The summed E-state index contributed by atoms with van der Waals surface area (Å²) in [6.07, 6.45) is -1.04. The predicted octanol–water partition coefficient (Wildman–Crippen LogP) is 4.82. The van der Waals surface area contributed by atoms with Crippen molar-refractivity contribution in [2.75, 3.05) is 26.2 Å². The Hall–Kier alpha value is -2.49. The monoisotopic (exact) mass is 498 g/mol. The zero-order chi connectivity index (χ0) is 23.7. The second-order valence-electron chi connectivity index (χ2n) is 8.61. The highest BCUT2D eigenvalue weighted by Gasteiger charge is 2.29. The van der Waals surface area contributed by atoms with E-state index in [0.29, 0.717) is 11.6 Å². The number of rotatable bonds is 7. The maximum absolute atomic E-state index is 10.4. The Morgan fingerprint density at radius 3 is 2.62 bits per heavy atom. The summed E-state index contributed by atoms with van der Waals surface area (Å²) in [5, 5.41) is 16.4. The van der Waals surface area contributed by atoms with Crippen LogP contribution in [0.2, 0.25) is 5.02 Å². The molecule has 0 saturated carbocycles. The molecule has 3 heterocycles. The van der Waals surface area contributed by atoms with Gasteiger partial charge in [0, 0.05) is 55.4 Å². The molecule has 34 heavy (non-hydrogen) atoms. The maximum atomic E-state index is 10.4. The molecule has 1 saturated heterocycles. The molecule has 2 aromatic carbocycles. The van der Waals surface area contributed by atoms with Gasteiger partial charge >= 0.3 is 0 Å². The summed E-state index contributed by atoms with van der Waals surface area (Å²) in [6, 6.07) is 15.5. The summed E-state index contributed by atoms with van der Waals surface area (Å²) in [7, 11) is 0. The van der Waals surface area contributed by atoms with Crippen LogP contribution in [0.15, 0.2) is 53.1 Å². The van der Waals surface area contributed by atoms with Crippen LogP contribution in [0.1, 0.15) is 17.6 Å². The van der Waals surface area contributed by atoms with E-state index in [1.54, 1.807) is 18.3 Å². The van der Waals surface area contributed by atoms with Crippen LogP contribution in [0.5, 0.6) is 5.75 Å². The van der Waals surface area contributed by atoms with Crippen LogP contribution in [0.4, 0.5) is 0 Å². The molecule has 9 heteroatoms. The molecule has 1 aliphatic rings. The fourth-order valence-corrected chi connectivity index (χ4v) is 5.19. The minimum atomic E-state index is -0.628. The molecule has 2 atom stereocenters. The Balaban J connectivity index is 1.19. The van der Waals surface area contributed by atoms with Crippen LogP contribution in [-0.4, -0.2) is 63.6 Å². The molecule has 4 aromatic rings. The van der Waals surface area contributed by atoms with Crippen LogP contribution >= 0.6 is 22.9 Å². The maximum Gasteiger partial charge on any atom is 0.178 e. The Kier molecular flexibility index (Phi) is 6.85. The van der Waals surface area contributed by atoms with E-state index in [1.807, 2.05) is 55.5 Å². The number of ether oxygens (including phenoxy) is 1. The number of hydrogen-bond donors (Lipinski definition) is 1. The number of fused-ring (bicyclic) bond motifs is 1.